The first-order valence-corrected chi connectivity index (χ1v) is 11.0. The number of fused-ring (bicyclic) bond motifs is 1. The first-order chi connectivity index (χ1) is 14.7. The third-order valence-electron chi connectivity index (χ3n) is 5.34. The molecule has 1 saturated heterocycles. The molecule has 2 aromatic rings. The number of anilines is 1. The van der Waals surface area contributed by atoms with E-state index in [0.29, 0.717) is 38.7 Å². The largest absolute Gasteiger partial charge is 0.466 e. The van der Waals surface area contributed by atoms with Crippen molar-refractivity contribution in [3.8, 4) is 0 Å². The fraction of sp³-hybridized carbons (Fsp3) is 0.609. The molecule has 0 atom stereocenters. The molecular formula is C23H34N4O4. The lowest BCUT2D eigenvalue weighted by Crippen LogP contribution is -2.42. The summed E-state index contributed by atoms with van der Waals surface area (Å²) in [5, 5.41) is 4.34. The first kappa shape index (κ1) is 22.9. The molecule has 8 nitrogen and oxygen atoms in total. The number of amides is 1. The minimum atomic E-state index is -0.478. The minimum Gasteiger partial charge on any atom is -0.466 e. The van der Waals surface area contributed by atoms with Crippen LogP contribution in [0.2, 0.25) is 0 Å². The number of carbonyl (C=O) groups is 2. The molecule has 1 aliphatic rings. The number of esters is 1. The van der Waals surface area contributed by atoms with Gasteiger partial charge in [-0.25, -0.2) is 9.78 Å². The summed E-state index contributed by atoms with van der Waals surface area (Å²) in [5.41, 5.74) is 2.29. The maximum atomic E-state index is 12.3. The van der Waals surface area contributed by atoms with Crippen LogP contribution in [0.15, 0.2) is 18.3 Å². The van der Waals surface area contributed by atoms with Gasteiger partial charge in [-0.05, 0) is 59.6 Å². The zero-order valence-electron chi connectivity index (χ0n) is 19.2. The van der Waals surface area contributed by atoms with Gasteiger partial charge in [-0.2, -0.15) is 0 Å². The van der Waals surface area contributed by atoms with Gasteiger partial charge < -0.3 is 24.3 Å². The summed E-state index contributed by atoms with van der Waals surface area (Å²) in [6.07, 6.45) is 3.89. The van der Waals surface area contributed by atoms with E-state index in [-0.39, 0.29) is 12.1 Å². The standard InChI is InChI=1S/C23H34N4O4/c1-6-30-20(28)7-11-24-19-15-17-8-14-27(21(17)25-16(19)2)18-9-12-26(13-10-18)22(29)31-23(3,4)5/h8,14-15,18,24H,6-7,9-13H2,1-5H3. The Kier molecular flexibility index (Phi) is 7.08. The number of nitrogens with zero attached hydrogens (tertiary/aromatic N) is 3. The van der Waals surface area contributed by atoms with E-state index in [1.165, 1.54) is 0 Å². The van der Waals surface area contributed by atoms with Gasteiger partial charge in [0.15, 0.2) is 0 Å². The highest BCUT2D eigenvalue weighted by atomic mass is 16.6. The molecule has 0 saturated carbocycles. The Morgan fingerprint density at radius 3 is 2.61 bits per heavy atom. The average molecular weight is 431 g/mol. The van der Waals surface area contributed by atoms with Crippen LogP contribution in [-0.4, -0.2) is 58.4 Å². The second-order valence-corrected chi connectivity index (χ2v) is 8.94. The number of hydrogen-bond donors (Lipinski definition) is 1. The van der Waals surface area contributed by atoms with Crippen molar-refractivity contribution in [1.82, 2.24) is 14.5 Å². The van der Waals surface area contributed by atoms with E-state index >= 15 is 0 Å². The lowest BCUT2D eigenvalue weighted by Gasteiger charge is -2.34. The van der Waals surface area contributed by atoms with E-state index < -0.39 is 5.60 Å². The summed E-state index contributed by atoms with van der Waals surface area (Å²) in [5.74, 6) is -0.203. The minimum absolute atomic E-state index is 0.203. The Bertz CT molecular complexity index is 924. The van der Waals surface area contributed by atoms with Crippen LogP contribution < -0.4 is 5.32 Å². The number of piperidine rings is 1. The molecule has 8 heteroatoms. The number of aryl methyl sites for hydroxylation is 1. The molecule has 3 rings (SSSR count). The van der Waals surface area contributed by atoms with Crippen molar-refractivity contribution in [3.05, 3.63) is 24.0 Å². The number of rotatable bonds is 6. The van der Waals surface area contributed by atoms with Crippen molar-refractivity contribution in [3.63, 3.8) is 0 Å². The molecule has 0 unspecified atom stereocenters. The molecule has 0 radical (unpaired) electrons. The summed E-state index contributed by atoms with van der Waals surface area (Å²) in [6.45, 7) is 11.7. The smallest absolute Gasteiger partial charge is 0.410 e. The third kappa shape index (κ3) is 5.89. The van der Waals surface area contributed by atoms with Crippen molar-refractivity contribution in [2.75, 3.05) is 31.6 Å². The molecule has 2 aromatic heterocycles. The quantitative estimate of drug-likeness (QED) is 0.689. The molecule has 1 aliphatic heterocycles. The van der Waals surface area contributed by atoms with Crippen molar-refractivity contribution in [2.45, 2.75) is 65.5 Å². The number of aromatic nitrogens is 2. The Balaban J connectivity index is 1.63. The Morgan fingerprint density at radius 1 is 1.26 bits per heavy atom. The second kappa shape index (κ2) is 9.58. The predicted octanol–water partition coefficient (Wildman–Crippen LogP) is 4.28. The SMILES string of the molecule is CCOC(=O)CCNc1cc2ccn(C3CCN(C(=O)OC(C)(C)C)CC3)c2nc1C. The first-order valence-electron chi connectivity index (χ1n) is 11.0. The maximum absolute atomic E-state index is 12.3. The van der Waals surface area contributed by atoms with E-state index in [0.717, 1.165) is 35.3 Å². The summed E-state index contributed by atoms with van der Waals surface area (Å²) in [4.78, 5) is 30.5. The molecule has 1 fully saturated rings. The predicted molar refractivity (Wildman–Crippen MR) is 120 cm³/mol. The van der Waals surface area contributed by atoms with E-state index in [2.05, 4.69) is 28.2 Å². The maximum Gasteiger partial charge on any atom is 0.410 e. The van der Waals surface area contributed by atoms with Crippen LogP contribution in [0.5, 0.6) is 0 Å². The summed E-state index contributed by atoms with van der Waals surface area (Å²) >= 11 is 0. The number of ether oxygens (including phenoxy) is 2. The van der Waals surface area contributed by atoms with Crippen LogP contribution in [0.25, 0.3) is 11.0 Å². The van der Waals surface area contributed by atoms with Crippen LogP contribution in [0, 0.1) is 6.92 Å². The number of pyridine rings is 1. The molecule has 170 valence electrons. The molecule has 0 spiro atoms. The lowest BCUT2D eigenvalue weighted by atomic mass is 10.1. The highest BCUT2D eigenvalue weighted by Gasteiger charge is 2.28. The van der Waals surface area contributed by atoms with Gasteiger partial charge in [0.25, 0.3) is 0 Å². The Hall–Kier alpha value is -2.77. The molecule has 1 N–H and O–H groups in total. The van der Waals surface area contributed by atoms with Crippen LogP contribution >= 0.6 is 0 Å². The molecule has 31 heavy (non-hydrogen) atoms. The zero-order chi connectivity index (χ0) is 22.6. The summed E-state index contributed by atoms with van der Waals surface area (Å²) in [7, 11) is 0. The number of nitrogens with one attached hydrogen (secondary N) is 1. The average Bonchev–Trinajstić information content (AvgIpc) is 3.09. The van der Waals surface area contributed by atoms with Gasteiger partial charge in [0.2, 0.25) is 0 Å². The van der Waals surface area contributed by atoms with Crippen LogP contribution in [0.4, 0.5) is 10.5 Å². The highest BCUT2D eigenvalue weighted by Crippen LogP contribution is 2.29. The van der Waals surface area contributed by atoms with Crippen LogP contribution in [0.3, 0.4) is 0 Å². The molecule has 0 bridgehead atoms. The topological polar surface area (TPSA) is 85.7 Å². The van der Waals surface area contributed by atoms with E-state index in [1.807, 2.05) is 27.7 Å². The van der Waals surface area contributed by atoms with Gasteiger partial charge in [0.05, 0.1) is 24.4 Å². The van der Waals surface area contributed by atoms with Crippen molar-refractivity contribution < 1.29 is 19.1 Å². The van der Waals surface area contributed by atoms with E-state index in [4.69, 9.17) is 14.5 Å². The highest BCUT2D eigenvalue weighted by molar-refractivity contribution is 5.81. The molecule has 0 aliphatic carbocycles. The molecule has 1 amide bonds. The van der Waals surface area contributed by atoms with Crippen LogP contribution in [0.1, 0.15) is 58.7 Å². The van der Waals surface area contributed by atoms with Crippen molar-refractivity contribution in [2.24, 2.45) is 0 Å². The Morgan fingerprint density at radius 2 is 1.97 bits per heavy atom. The van der Waals surface area contributed by atoms with Gasteiger partial charge in [0, 0.05) is 37.3 Å². The van der Waals surface area contributed by atoms with Gasteiger partial charge >= 0.3 is 12.1 Å². The summed E-state index contributed by atoms with van der Waals surface area (Å²) < 4.78 is 12.7. The monoisotopic (exact) mass is 430 g/mol. The number of likely N-dealkylation sites (tertiary alicyclic amines) is 1. The molecular weight excluding hydrogens is 396 g/mol. The number of hydrogen-bond acceptors (Lipinski definition) is 6. The lowest BCUT2D eigenvalue weighted by molar-refractivity contribution is -0.142. The number of carbonyl (C=O) groups excluding carboxylic acids is 2. The van der Waals surface area contributed by atoms with E-state index in [9.17, 15) is 9.59 Å². The van der Waals surface area contributed by atoms with Crippen molar-refractivity contribution in [1.29, 1.82) is 0 Å². The van der Waals surface area contributed by atoms with E-state index in [1.54, 1.807) is 11.8 Å². The normalized spacial score (nSPS) is 15.2. The fourth-order valence-corrected chi connectivity index (χ4v) is 3.83. The van der Waals surface area contributed by atoms with Gasteiger partial charge in [-0.3, -0.25) is 4.79 Å². The summed E-state index contributed by atoms with van der Waals surface area (Å²) in [6, 6.07) is 4.44. The van der Waals surface area contributed by atoms with Crippen LogP contribution in [-0.2, 0) is 14.3 Å². The Labute approximate surface area is 183 Å². The van der Waals surface area contributed by atoms with Gasteiger partial charge in [-0.15, -0.1) is 0 Å². The van der Waals surface area contributed by atoms with Gasteiger partial charge in [-0.1, -0.05) is 0 Å². The van der Waals surface area contributed by atoms with Gasteiger partial charge in [0.1, 0.15) is 11.2 Å². The molecule has 3 heterocycles. The van der Waals surface area contributed by atoms with Crippen molar-refractivity contribution >= 4 is 28.8 Å². The molecule has 0 aromatic carbocycles. The third-order valence-corrected chi connectivity index (χ3v) is 5.34. The zero-order valence-corrected chi connectivity index (χ0v) is 19.2. The second-order valence-electron chi connectivity index (χ2n) is 8.94. The fourth-order valence-electron chi connectivity index (χ4n) is 3.83.